The van der Waals surface area contributed by atoms with Crippen molar-refractivity contribution in [3.05, 3.63) is 50.4 Å². The second-order valence-corrected chi connectivity index (χ2v) is 7.53. The van der Waals surface area contributed by atoms with Gasteiger partial charge in [-0.3, -0.25) is 9.88 Å². The summed E-state index contributed by atoms with van der Waals surface area (Å²) in [6, 6.07) is 10.9. The average molecular weight is 352 g/mol. The monoisotopic (exact) mass is 351 g/mol. The van der Waals surface area contributed by atoms with Crippen LogP contribution in [0.2, 0.25) is 0 Å². The van der Waals surface area contributed by atoms with E-state index in [2.05, 4.69) is 63.4 Å². The SMILES string of the molecule is Cc1cccc(C(c2ccc(Br)s2)N2CCNCC2)n1. The van der Waals surface area contributed by atoms with Crippen molar-refractivity contribution in [3.63, 3.8) is 0 Å². The molecule has 0 amide bonds. The number of rotatable bonds is 3. The number of aromatic nitrogens is 1. The minimum Gasteiger partial charge on any atom is -0.314 e. The molecule has 1 aliphatic heterocycles. The molecule has 2 aromatic heterocycles. The zero-order valence-corrected chi connectivity index (χ0v) is 13.9. The van der Waals surface area contributed by atoms with Crippen molar-refractivity contribution in [2.24, 2.45) is 0 Å². The lowest BCUT2D eigenvalue weighted by atomic mass is 10.1. The third-order valence-corrected chi connectivity index (χ3v) is 5.25. The van der Waals surface area contributed by atoms with Gasteiger partial charge in [-0.05, 0) is 47.1 Å². The summed E-state index contributed by atoms with van der Waals surface area (Å²) in [5, 5.41) is 3.42. The first-order valence-electron chi connectivity index (χ1n) is 6.87. The van der Waals surface area contributed by atoms with E-state index in [1.807, 2.05) is 0 Å². The van der Waals surface area contributed by atoms with E-state index in [1.54, 1.807) is 11.3 Å². The maximum absolute atomic E-state index is 4.76. The molecular weight excluding hydrogens is 334 g/mol. The van der Waals surface area contributed by atoms with Crippen molar-refractivity contribution in [2.45, 2.75) is 13.0 Å². The van der Waals surface area contributed by atoms with Gasteiger partial charge in [0.2, 0.25) is 0 Å². The molecule has 1 N–H and O–H groups in total. The summed E-state index contributed by atoms with van der Waals surface area (Å²) in [6.45, 7) is 6.29. The fourth-order valence-electron chi connectivity index (χ4n) is 2.64. The smallest absolute Gasteiger partial charge is 0.0871 e. The largest absolute Gasteiger partial charge is 0.314 e. The van der Waals surface area contributed by atoms with Crippen molar-refractivity contribution in [3.8, 4) is 0 Å². The van der Waals surface area contributed by atoms with Crippen LogP contribution in [0, 0.1) is 6.92 Å². The molecule has 0 aliphatic carbocycles. The van der Waals surface area contributed by atoms with Crippen molar-refractivity contribution in [2.75, 3.05) is 26.2 Å². The van der Waals surface area contributed by atoms with E-state index >= 15 is 0 Å². The number of halogens is 1. The minimum atomic E-state index is 0.272. The third kappa shape index (κ3) is 3.11. The Morgan fingerprint density at radius 2 is 2.05 bits per heavy atom. The van der Waals surface area contributed by atoms with Gasteiger partial charge in [-0.1, -0.05) is 6.07 Å². The van der Waals surface area contributed by atoms with E-state index in [9.17, 15) is 0 Å². The van der Waals surface area contributed by atoms with Crippen molar-refractivity contribution < 1.29 is 0 Å². The third-order valence-electron chi connectivity index (χ3n) is 3.57. The molecule has 0 radical (unpaired) electrons. The zero-order valence-electron chi connectivity index (χ0n) is 11.5. The van der Waals surface area contributed by atoms with Crippen LogP contribution in [0.25, 0.3) is 0 Å². The summed E-state index contributed by atoms with van der Waals surface area (Å²) >= 11 is 5.38. The fourth-order valence-corrected chi connectivity index (χ4v) is 4.22. The fraction of sp³-hybridized carbons (Fsp3) is 0.400. The maximum atomic E-state index is 4.76. The summed E-state index contributed by atoms with van der Waals surface area (Å²) < 4.78 is 1.18. The Morgan fingerprint density at radius 3 is 2.70 bits per heavy atom. The molecule has 3 nitrogen and oxygen atoms in total. The Balaban J connectivity index is 1.98. The molecule has 1 unspecified atom stereocenters. The standard InChI is InChI=1S/C15H18BrN3S/c1-11-3-2-4-12(18-11)15(13-5-6-14(16)20-13)19-9-7-17-8-10-19/h2-6,15,17H,7-10H2,1H3. The van der Waals surface area contributed by atoms with Crippen molar-refractivity contribution in [1.29, 1.82) is 0 Å². The minimum absolute atomic E-state index is 0.272. The maximum Gasteiger partial charge on any atom is 0.0871 e. The number of nitrogens with one attached hydrogen (secondary N) is 1. The first-order valence-corrected chi connectivity index (χ1v) is 8.48. The number of pyridine rings is 1. The molecule has 106 valence electrons. The number of hydrogen-bond acceptors (Lipinski definition) is 4. The molecular formula is C15H18BrN3S. The number of hydrogen-bond donors (Lipinski definition) is 1. The van der Waals surface area contributed by atoms with Crippen LogP contribution < -0.4 is 5.32 Å². The van der Waals surface area contributed by atoms with Gasteiger partial charge in [-0.2, -0.15) is 0 Å². The second kappa shape index (κ2) is 6.35. The summed E-state index contributed by atoms with van der Waals surface area (Å²) in [5.41, 5.74) is 2.24. The van der Waals surface area contributed by atoms with Gasteiger partial charge < -0.3 is 5.32 Å². The second-order valence-electron chi connectivity index (χ2n) is 5.03. The summed E-state index contributed by atoms with van der Waals surface area (Å²) in [7, 11) is 0. The van der Waals surface area contributed by atoms with Crippen LogP contribution >= 0.6 is 27.3 Å². The first-order chi connectivity index (χ1) is 9.74. The van der Waals surface area contributed by atoms with Gasteiger partial charge in [-0.15, -0.1) is 11.3 Å². The number of nitrogens with zero attached hydrogens (tertiary/aromatic N) is 2. The lowest BCUT2D eigenvalue weighted by Crippen LogP contribution is -2.45. The molecule has 1 atom stereocenters. The molecule has 0 bridgehead atoms. The van der Waals surface area contributed by atoms with Gasteiger partial charge in [0.15, 0.2) is 0 Å². The van der Waals surface area contributed by atoms with Crippen LogP contribution in [0.15, 0.2) is 34.1 Å². The normalized spacial score (nSPS) is 18.1. The predicted molar refractivity (Wildman–Crippen MR) is 87.3 cm³/mol. The number of thiophene rings is 1. The summed E-state index contributed by atoms with van der Waals surface area (Å²) in [5.74, 6) is 0. The van der Waals surface area contributed by atoms with E-state index in [1.165, 1.54) is 8.66 Å². The quantitative estimate of drug-likeness (QED) is 0.920. The topological polar surface area (TPSA) is 28.2 Å². The lowest BCUT2D eigenvalue weighted by Gasteiger charge is -2.34. The molecule has 1 fully saturated rings. The summed E-state index contributed by atoms with van der Waals surface area (Å²) in [6.07, 6.45) is 0. The Morgan fingerprint density at radius 1 is 1.25 bits per heavy atom. The van der Waals surface area contributed by atoms with Gasteiger partial charge in [-0.25, -0.2) is 0 Å². The Kier molecular flexibility index (Phi) is 4.51. The number of piperazine rings is 1. The first kappa shape index (κ1) is 14.2. The highest BCUT2D eigenvalue weighted by molar-refractivity contribution is 9.11. The average Bonchev–Trinajstić information content (AvgIpc) is 2.87. The molecule has 20 heavy (non-hydrogen) atoms. The van der Waals surface area contributed by atoms with E-state index in [0.717, 1.165) is 37.6 Å². The van der Waals surface area contributed by atoms with Gasteiger partial charge in [0.05, 0.1) is 15.5 Å². The van der Waals surface area contributed by atoms with Crippen LogP contribution in [0.4, 0.5) is 0 Å². The molecule has 1 aliphatic rings. The van der Waals surface area contributed by atoms with Gasteiger partial charge >= 0.3 is 0 Å². The van der Waals surface area contributed by atoms with E-state index < -0.39 is 0 Å². The molecule has 1 saturated heterocycles. The van der Waals surface area contributed by atoms with Crippen LogP contribution in [0.5, 0.6) is 0 Å². The Hall–Kier alpha value is -0.750. The summed E-state index contributed by atoms with van der Waals surface area (Å²) in [4.78, 5) is 8.65. The van der Waals surface area contributed by atoms with Gasteiger partial charge in [0.1, 0.15) is 0 Å². The molecule has 3 rings (SSSR count). The van der Waals surface area contributed by atoms with E-state index in [4.69, 9.17) is 4.98 Å². The lowest BCUT2D eigenvalue weighted by molar-refractivity contribution is 0.197. The zero-order chi connectivity index (χ0) is 13.9. The Bertz CT molecular complexity index is 578. The van der Waals surface area contributed by atoms with Crippen LogP contribution in [0.1, 0.15) is 22.3 Å². The molecule has 3 heterocycles. The Labute approximate surface area is 132 Å². The van der Waals surface area contributed by atoms with E-state index in [0.29, 0.717) is 0 Å². The van der Waals surface area contributed by atoms with Crippen molar-refractivity contribution in [1.82, 2.24) is 15.2 Å². The van der Waals surface area contributed by atoms with Crippen LogP contribution in [-0.2, 0) is 0 Å². The number of aryl methyl sites for hydroxylation is 1. The highest BCUT2D eigenvalue weighted by Gasteiger charge is 2.26. The highest BCUT2D eigenvalue weighted by Crippen LogP contribution is 2.34. The highest BCUT2D eigenvalue weighted by atomic mass is 79.9. The van der Waals surface area contributed by atoms with Crippen LogP contribution in [-0.4, -0.2) is 36.1 Å². The molecule has 0 aromatic carbocycles. The van der Waals surface area contributed by atoms with Crippen LogP contribution in [0.3, 0.4) is 0 Å². The van der Waals surface area contributed by atoms with Gasteiger partial charge in [0, 0.05) is 36.8 Å². The predicted octanol–water partition coefficient (Wildman–Crippen LogP) is 3.21. The van der Waals surface area contributed by atoms with Gasteiger partial charge in [0.25, 0.3) is 0 Å². The molecule has 0 saturated carbocycles. The molecule has 5 heteroatoms. The van der Waals surface area contributed by atoms with E-state index in [-0.39, 0.29) is 6.04 Å². The molecule has 0 spiro atoms. The van der Waals surface area contributed by atoms with Crippen molar-refractivity contribution >= 4 is 27.3 Å². The molecule has 2 aromatic rings.